The Morgan fingerprint density at radius 1 is 1.25 bits per heavy atom. The van der Waals surface area contributed by atoms with Crippen molar-refractivity contribution in [3.8, 4) is 17.2 Å². The lowest BCUT2D eigenvalue weighted by Gasteiger charge is -2.05. The van der Waals surface area contributed by atoms with Gasteiger partial charge in [-0.3, -0.25) is 4.79 Å². The van der Waals surface area contributed by atoms with Crippen LogP contribution in [0.1, 0.15) is 5.56 Å². The molecule has 8 heteroatoms. The number of hydrazone groups is 1. The Balaban J connectivity index is 1.53. The van der Waals surface area contributed by atoms with Crippen molar-refractivity contribution in [1.82, 2.24) is 5.43 Å². The molecule has 1 aliphatic heterocycles. The highest BCUT2D eigenvalue weighted by Gasteiger charge is 2.15. The normalized spacial score (nSPS) is 12.4. The van der Waals surface area contributed by atoms with E-state index >= 15 is 0 Å². The number of nitrogens with one attached hydrogen (secondary N) is 1. The van der Waals surface area contributed by atoms with E-state index in [0.29, 0.717) is 32.9 Å². The average molecular weight is 367 g/mol. The van der Waals surface area contributed by atoms with E-state index in [1.54, 1.807) is 36.4 Å². The summed E-state index contributed by atoms with van der Waals surface area (Å²) in [4.78, 5) is 11.7. The van der Waals surface area contributed by atoms with E-state index in [9.17, 15) is 4.79 Å². The minimum absolute atomic E-state index is 0.157. The van der Waals surface area contributed by atoms with Crippen molar-refractivity contribution >= 4 is 35.3 Å². The third-order valence-corrected chi connectivity index (χ3v) is 3.61. The molecule has 0 radical (unpaired) electrons. The second kappa shape index (κ2) is 7.42. The van der Waals surface area contributed by atoms with Crippen molar-refractivity contribution in [3.63, 3.8) is 0 Å². The van der Waals surface area contributed by atoms with Crippen LogP contribution in [0.4, 0.5) is 0 Å². The molecule has 1 N–H and O–H groups in total. The number of benzene rings is 2. The first kappa shape index (κ1) is 16.4. The predicted molar refractivity (Wildman–Crippen MR) is 90.3 cm³/mol. The third-order valence-electron chi connectivity index (χ3n) is 3.05. The van der Waals surface area contributed by atoms with Crippen molar-refractivity contribution in [2.24, 2.45) is 5.10 Å². The summed E-state index contributed by atoms with van der Waals surface area (Å²) in [5.74, 6) is 1.25. The molecule has 2 aromatic carbocycles. The van der Waals surface area contributed by atoms with Gasteiger partial charge in [0.1, 0.15) is 5.75 Å². The van der Waals surface area contributed by atoms with Gasteiger partial charge in [-0.25, -0.2) is 5.43 Å². The van der Waals surface area contributed by atoms with Crippen molar-refractivity contribution in [3.05, 3.63) is 52.0 Å². The Morgan fingerprint density at radius 2 is 2.04 bits per heavy atom. The monoisotopic (exact) mass is 366 g/mol. The lowest BCUT2D eigenvalue weighted by Crippen LogP contribution is -2.24. The summed E-state index contributed by atoms with van der Waals surface area (Å²) in [6.07, 6.45) is 1.42. The summed E-state index contributed by atoms with van der Waals surface area (Å²) >= 11 is 11.9. The van der Waals surface area contributed by atoms with Crippen LogP contribution in [0.5, 0.6) is 17.2 Å². The summed E-state index contributed by atoms with van der Waals surface area (Å²) in [5, 5.41) is 4.81. The highest BCUT2D eigenvalue weighted by Crippen LogP contribution is 2.36. The maximum atomic E-state index is 11.7. The maximum Gasteiger partial charge on any atom is 0.277 e. The Morgan fingerprint density at radius 3 is 2.83 bits per heavy atom. The van der Waals surface area contributed by atoms with Gasteiger partial charge in [-0.05, 0) is 24.3 Å². The van der Waals surface area contributed by atoms with Gasteiger partial charge < -0.3 is 14.2 Å². The van der Waals surface area contributed by atoms with Gasteiger partial charge in [0.15, 0.2) is 18.1 Å². The molecule has 6 nitrogen and oxygen atoms in total. The molecule has 0 bridgehead atoms. The van der Waals surface area contributed by atoms with Crippen molar-refractivity contribution < 1.29 is 19.0 Å². The van der Waals surface area contributed by atoms with Gasteiger partial charge in [-0.15, -0.1) is 0 Å². The molecule has 124 valence electrons. The van der Waals surface area contributed by atoms with Gasteiger partial charge >= 0.3 is 0 Å². The molecule has 0 aromatic heterocycles. The van der Waals surface area contributed by atoms with Crippen LogP contribution < -0.4 is 19.6 Å². The fraction of sp³-hybridized carbons (Fsp3) is 0.125. The highest BCUT2D eigenvalue weighted by molar-refractivity contribution is 6.33. The van der Waals surface area contributed by atoms with Crippen LogP contribution in [0.25, 0.3) is 0 Å². The number of ether oxygens (including phenoxy) is 3. The van der Waals surface area contributed by atoms with Crippen LogP contribution in [0.2, 0.25) is 10.0 Å². The van der Waals surface area contributed by atoms with E-state index in [2.05, 4.69) is 10.5 Å². The minimum Gasteiger partial charge on any atom is -0.484 e. The summed E-state index contributed by atoms with van der Waals surface area (Å²) in [7, 11) is 0. The SMILES string of the molecule is O=C(COc1cccc(Cl)c1)N/N=C/c1cc2c(cc1Cl)OCO2. The topological polar surface area (TPSA) is 69.2 Å². The standard InChI is InChI=1S/C16H12Cl2N2O4/c17-11-2-1-3-12(5-11)22-8-16(21)20-19-7-10-4-14-15(6-13(10)18)24-9-23-14/h1-7H,8-9H2,(H,20,21)/b19-7+. The van der Waals surface area contributed by atoms with Crippen LogP contribution >= 0.6 is 23.2 Å². The molecular weight excluding hydrogens is 355 g/mol. The highest BCUT2D eigenvalue weighted by atomic mass is 35.5. The molecule has 3 rings (SSSR count). The number of hydrogen-bond acceptors (Lipinski definition) is 5. The lowest BCUT2D eigenvalue weighted by atomic mass is 10.2. The lowest BCUT2D eigenvalue weighted by molar-refractivity contribution is -0.123. The van der Waals surface area contributed by atoms with Crippen LogP contribution in [-0.4, -0.2) is 25.5 Å². The first-order valence-electron chi connectivity index (χ1n) is 6.91. The van der Waals surface area contributed by atoms with Gasteiger partial charge in [0, 0.05) is 16.7 Å². The number of carbonyl (C=O) groups is 1. The number of halogens is 2. The number of fused-ring (bicyclic) bond motifs is 1. The minimum atomic E-state index is -0.414. The molecule has 1 amide bonds. The number of hydrogen-bond donors (Lipinski definition) is 1. The molecule has 1 heterocycles. The summed E-state index contributed by atoms with van der Waals surface area (Å²) in [6, 6.07) is 10.1. The van der Waals surface area contributed by atoms with E-state index in [1.165, 1.54) is 6.21 Å². The zero-order chi connectivity index (χ0) is 16.9. The van der Waals surface area contributed by atoms with Gasteiger partial charge in [0.25, 0.3) is 5.91 Å². The van der Waals surface area contributed by atoms with Crippen LogP contribution in [0.15, 0.2) is 41.5 Å². The van der Waals surface area contributed by atoms with Gasteiger partial charge in [0.2, 0.25) is 6.79 Å². The predicted octanol–water partition coefficient (Wildman–Crippen LogP) is 3.25. The Labute approximate surface area is 147 Å². The molecule has 1 aliphatic rings. The Bertz CT molecular complexity index is 796. The molecule has 2 aromatic rings. The van der Waals surface area contributed by atoms with Crippen molar-refractivity contribution in [1.29, 1.82) is 0 Å². The molecule has 24 heavy (non-hydrogen) atoms. The van der Waals surface area contributed by atoms with E-state index in [4.69, 9.17) is 37.4 Å². The number of amides is 1. The molecule has 0 fully saturated rings. The first-order valence-corrected chi connectivity index (χ1v) is 7.67. The quantitative estimate of drug-likeness (QED) is 0.651. The summed E-state index contributed by atoms with van der Waals surface area (Å²) in [5.41, 5.74) is 2.95. The molecule has 0 saturated heterocycles. The van der Waals surface area contributed by atoms with E-state index in [0.717, 1.165) is 0 Å². The molecule has 0 unspecified atom stereocenters. The molecule has 0 atom stereocenters. The Hall–Kier alpha value is -2.44. The molecule has 0 saturated carbocycles. The van der Waals surface area contributed by atoms with Crippen LogP contribution in [-0.2, 0) is 4.79 Å². The average Bonchev–Trinajstić information content (AvgIpc) is 3.00. The summed E-state index contributed by atoms with van der Waals surface area (Å²) in [6.45, 7) is -0.0314. The molecule has 0 aliphatic carbocycles. The second-order valence-electron chi connectivity index (χ2n) is 4.77. The summed E-state index contributed by atoms with van der Waals surface area (Å²) < 4.78 is 15.8. The maximum absolute atomic E-state index is 11.7. The number of carbonyl (C=O) groups excluding carboxylic acids is 1. The van der Waals surface area contributed by atoms with E-state index in [-0.39, 0.29) is 13.4 Å². The van der Waals surface area contributed by atoms with Crippen molar-refractivity contribution in [2.75, 3.05) is 13.4 Å². The third kappa shape index (κ3) is 4.10. The van der Waals surface area contributed by atoms with Crippen LogP contribution in [0, 0.1) is 0 Å². The van der Waals surface area contributed by atoms with Gasteiger partial charge in [0.05, 0.1) is 11.2 Å². The first-order chi connectivity index (χ1) is 11.6. The zero-order valence-corrected chi connectivity index (χ0v) is 13.8. The zero-order valence-electron chi connectivity index (χ0n) is 12.3. The fourth-order valence-electron chi connectivity index (χ4n) is 1.94. The number of nitrogens with zero attached hydrogens (tertiary/aromatic N) is 1. The largest absolute Gasteiger partial charge is 0.484 e. The van der Waals surface area contributed by atoms with Gasteiger partial charge in [-0.2, -0.15) is 5.10 Å². The fourth-order valence-corrected chi connectivity index (χ4v) is 2.33. The second-order valence-corrected chi connectivity index (χ2v) is 5.61. The smallest absolute Gasteiger partial charge is 0.277 e. The van der Waals surface area contributed by atoms with Gasteiger partial charge in [-0.1, -0.05) is 29.3 Å². The number of rotatable bonds is 5. The van der Waals surface area contributed by atoms with E-state index < -0.39 is 5.91 Å². The molecule has 0 spiro atoms. The van der Waals surface area contributed by atoms with Crippen molar-refractivity contribution in [2.45, 2.75) is 0 Å². The molecular formula is C16H12Cl2N2O4. The Kier molecular flexibility index (Phi) is 5.08. The van der Waals surface area contributed by atoms with Crippen LogP contribution in [0.3, 0.4) is 0 Å². The van der Waals surface area contributed by atoms with E-state index in [1.807, 2.05) is 0 Å².